The fourth-order valence-corrected chi connectivity index (χ4v) is 2.38. The van der Waals surface area contributed by atoms with Gasteiger partial charge in [0.2, 0.25) is 5.91 Å². The molecule has 0 aromatic heterocycles. The second kappa shape index (κ2) is 6.20. The summed E-state index contributed by atoms with van der Waals surface area (Å²) in [5.41, 5.74) is -0.727. The highest BCUT2D eigenvalue weighted by Gasteiger charge is 2.31. The number of benzene rings is 1. The third-order valence-electron chi connectivity index (χ3n) is 3.38. The molecule has 2 rings (SSSR count). The minimum absolute atomic E-state index is 0.0219. The smallest absolute Gasteiger partial charge is 0.416 e. The number of amides is 1. The third-order valence-corrected chi connectivity index (χ3v) is 3.38. The van der Waals surface area contributed by atoms with E-state index in [-0.39, 0.29) is 23.8 Å². The monoisotopic (exact) mass is 299 g/mol. The first-order valence-electron chi connectivity index (χ1n) is 6.65. The maximum atomic E-state index is 12.6. The Kier molecular flexibility index (Phi) is 4.55. The summed E-state index contributed by atoms with van der Waals surface area (Å²) < 4.78 is 43.4. The predicted octanol–water partition coefficient (Wildman–Crippen LogP) is 3.31. The molecular formula is C15H16F3NO2. The molecule has 1 saturated carbocycles. The van der Waals surface area contributed by atoms with Gasteiger partial charge >= 0.3 is 6.18 Å². The minimum Gasteiger partial charge on any atom is -0.490 e. The first kappa shape index (κ1) is 15.4. The number of carbonyl (C=O) groups excluding carboxylic acids is 1. The van der Waals surface area contributed by atoms with Crippen molar-refractivity contribution >= 4 is 5.91 Å². The van der Waals surface area contributed by atoms with Crippen LogP contribution in [0.1, 0.15) is 24.8 Å². The third kappa shape index (κ3) is 4.24. The molecule has 0 saturated heterocycles. The van der Waals surface area contributed by atoms with Gasteiger partial charge in [-0.05, 0) is 37.1 Å². The van der Waals surface area contributed by atoms with Gasteiger partial charge in [0.15, 0.2) is 0 Å². The molecule has 0 spiro atoms. The Morgan fingerprint density at radius 3 is 2.81 bits per heavy atom. The van der Waals surface area contributed by atoms with Crippen molar-refractivity contribution in [2.75, 3.05) is 0 Å². The van der Waals surface area contributed by atoms with Crippen molar-refractivity contribution in [2.45, 2.75) is 37.6 Å². The Morgan fingerprint density at radius 2 is 2.14 bits per heavy atom. The van der Waals surface area contributed by atoms with Crippen LogP contribution in [0, 0.1) is 0 Å². The average molecular weight is 299 g/mol. The van der Waals surface area contributed by atoms with Crippen LogP contribution in [-0.4, -0.2) is 18.1 Å². The molecule has 0 bridgehead atoms. The molecular weight excluding hydrogens is 283 g/mol. The standard InChI is InChI=1S/C15H16F3NO2/c1-2-14(20)19-11-6-7-13(9-11)21-12-5-3-4-10(8-12)15(16,17)18/h2-5,8,11,13H,1,6-7,9H2,(H,19,20). The Balaban J connectivity index is 1.94. The average Bonchev–Trinajstić information content (AvgIpc) is 2.85. The summed E-state index contributed by atoms with van der Waals surface area (Å²) in [7, 11) is 0. The molecule has 6 heteroatoms. The van der Waals surface area contributed by atoms with E-state index in [2.05, 4.69) is 11.9 Å². The molecule has 1 aliphatic carbocycles. The summed E-state index contributed by atoms with van der Waals surface area (Å²) in [6.07, 6.45) is -1.36. The first-order chi connectivity index (χ1) is 9.88. The molecule has 3 nitrogen and oxygen atoms in total. The topological polar surface area (TPSA) is 38.3 Å². The predicted molar refractivity (Wildman–Crippen MR) is 71.8 cm³/mol. The van der Waals surface area contributed by atoms with E-state index >= 15 is 0 Å². The molecule has 2 atom stereocenters. The summed E-state index contributed by atoms with van der Waals surface area (Å²) >= 11 is 0. The summed E-state index contributed by atoms with van der Waals surface area (Å²) in [6.45, 7) is 3.37. The van der Waals surface area contributed by atoms with E-state index in [0.717, 1.165) is 18.6 Å². The maximum Gasteiger partial charge on any atom is 0.416 e. The zero-order chi connectivity index (χ0) is 15.5. The van der Waals surface area contributed by atoms with Gasteiger partial charge in [-0.3, -0.25) is 4.79 Å². The molecule has 1 aromatic rings. The van der Waals surface area contributed by atoms with Crippen molar-refractivity contribution in [1.82, 2.24) is 5.32 Å². The SMILES string of the molecule is C=CC(=O)NC1CCC(Oc2cccc(C(F)(F)F)c2)C1. The first-order valence-corrected chi connectivity index (χ1v) is 6.65. The van der Waals surface area contributed by atoms with Crippen molar-refractivity contribution in [3.8, 4) is 5.75 Å². The number of alkyl halides is 3. The molecule has 0 radical (unpaired) electrons. The van der Waals surface area contributed by atoms with Crippen molar-refractivity contribution in [3.05, 3.63) is 42.5 Å². The van der Waals surface area contributed by atoms with Crippen LogP contribution in [0.2, 0.25) is 0 Å². The van der Waals surface area contributed by atoms with E-state index in [1.165, 1.54) is 18.2 Å². The van der Waals surface area contributed by atoms with E-state index in [4.69, 9.17) is 4.74 Å². The van der Waals surface area contributed by atoms with Crippen molar-refractivity contribution in [3.63, 3.8) is 0 Å². The van der Waals surface area contributed by atoms with E-state index in [0.29, 0.717) is 12.8 Å². The van der Waals surface area contributed by atoms with Gasteiger partial charge in [0.25, 0.3) is 0 Å². The molecule has 21 heavy (non-hydrogen) atoms. The zero-order valence-electron chi connectivity index (χ0n) is 11.3. The normalized spacial score (nSPS) is 21.9. The molecule has 0 aliphatic heterocycles. The second-order valence-electron chi connectivity index (χ2n) is 4.99. The zero-order valence-corrected chi connectivity index (χ0v) is 11.3. The molecule has 1 N–H and O–H groups in total. The fourth-order valence-electron chi connectivity index (χ4n) is 2.38. The summed E-state index contributed by atoms with van der Waals surface area (Å²) in [5, 5.41) is 2.76. The van der Waals surface area contributed by atoms with Crippen LogP contribution in [0.5, 0.6) is 5.75 Å². The molecule has 1 fully saturated rings. The van der Waals surface area contributed by atoms with Crippen LogP contribution in [0.15, 0.2) is 36.9 Å². The number of carbonyl (C=O) groups is 1. The lowest BCUT2D eigenvalue weighted by Gasteiger charge is -2.16. The number of halogens is 3. The van der Waals surface area contributed by atoms with Crippen LogP contribution < -0.4 is 10.1 Å². The van der Waals surface area contributed by atoms with E-state index < -0.39 is 11.7 Å². The molecule has 1 aromatic carbocycles. The highest BCUT2D eigenvalue weighted by Crippen LogP contribution is 2.32. The number of nitrogens with one attached hydrogen (secondary N) is 1. The fraction of sp³-hybridized carbons (Fsp3) is 0.400. The Bertz CT molecular complexity index is 528. The molecule has 1 aliphatic rings. The number of hydrogen-bond acceptors (Lipinski definition) is 2. The summed E-state index contributed by atoms with van der Waals surface area (Å²) in [4.78, 5) is 11.2. The number of rotatable bonds is 4. The van der Waals surface area contributed by atoms with E-state index in [1.807, 2.05) is 0 Å². The van der Waals surface area contributed by atoms with Gasteiger partial charge in [0, 0.05) is 12.5 Å². The Morgan fingerprint density at radius 1 is 1.38 bits per heavy atom. The van der Waals surface area contributed by atoms with Gasteiger partial charge in [-0.15, -0.1) is 0 Å². The second-order valence-corrected chi connectivity index (χ2v) is 4.99. The molecule has 114 valence electrons. The van der Waals surface area contributed by atoms with Crippen LogP contribution in [-0.2, 0) is 11.0 Å². The quantitative estimate of drug-likeness (QED) is 0.866. The lowest BCUT2D eigenvalue weighted by molar-refractivity contribution is -0.137. The van der Waals surface area contributed by atoms with Gasteiger partial charge < -0.3 is 10.1 Å². The van der Waals surface area contributed by atoms with Gasteiger partial charge in [-0.25, -0.2) is 0 Å². The maximum absolute atomic E-state index is 12.6. The van der Waals surface area contributed by atoms with Crippen LogP contribution >= 0.6 is 0 Å². The van der Waals surface area contributed by atoms with E-state index in [9.17, 15) is 18.0 Å². The summed E-state index contributed by atoms with van der Waals surface area (Å²) in [5.74, 6) is -0.0507. The van der Waals surface area contributed by atoms with Crippen LogP contribution in [0.3, 0.4) is 0 Å². The van der Waals surface area contributed by atoms with E-state index in [1.54, 1.807) is 0 Å². The van der Waals surface area contributed by atoms with Gasteiger partial charge in [-0.2, -0.15) is 13.2 Å². The minimum atomic E-state index is -4.38. The lowest BCUT2D eigenvalue weighted by Crippen LogP contribution is -2.32. The van der Waals surface area contributed by atoms with Gasteiger partial charge in [-0.1, -0.05) is 12.6 Å². The van der Waals surface area contributed by atoms with Crippen molar-refractivity contribution < 1.29 is 22.7 Å². The Hall–Kier alpha value is -1.98. The Labute approximate surface area is 120 Å². The largest absolute Gasteiger partial charge is 0.490 e. The van der Waals surface area contributed by atoms with Crippen molar-refractivity contribution in [1.29, 1.82) is 0 Å². The highest BCUT2D eigenvalue weighted by molar-refractivity contribution is 5.87. The van der Waals surface area contributed by atoms with Crippen LogP contribution in [0.4, 0.5) is 13.2 Å². The highest BCUT2D eigenvalue weighted by atomic mass is 19.4. The number of ether oxygens (including phenoxy) is 1. The van der Waals surface area contributed by atoms with Gasteiger partial charge in [0.05, 0.1) is 5.56 Å². The van der Waals surface area contributed by atoms with Crippen LogP contribution in [0.25, 0.3) is 0 Å². The van der Waals surface area contributed by atoms with Gasteiger partial charge in [0.1, 0.15) is 11.9 Å². The summed E-state index contributed by atoms with van der Waals surface area (Å²) in [6, 6.07) is 4.81. The lowest BCUT2D eigenvalue weighted by atomic mass is 10.2. The molecule has 2 unspecified atom stereocenters. The molecule has 1 amide bonds. The van der Waals surface area contributed by atoms with Crippen molar-refractivity contribution in [2.24, 2.45) is 0 Å². The number of hydrogen-bond donors (Lipinski definition) is 1. The molecule has 0 heterocycles.